The normalized spacial score (nSPS) is 22.5. The fraction of sp³-hybridized carbons (Fsp3) is 0.316. The summed E-state index contributed by atoms with van der Waals surface area (Å²) in [7, 11) is -6.76. The zero-order chi connectivity index (χ0) is 21.5. The zero-order valence-corrected chi connectivity index (χ0v) is 16.4. The second kappa shape index (κ2) is 6.60. The molecule has 1 fully saturated rings. The van der Waals surface area contributed by atoms with Crippen LogP contribution >= 0.6 is 10.2 Å². The topological polar surface area (TPSA) is 47.6 Å². The van der Waals surface area contributed by atoms with Crippen LogP contribution < -0.4 is 14.8 Å². The molecule has 0 amide bonds. The SMILES string of the molecule is COc1ccc([C@@H]2CC(=O)C[C@H](c3ccc(S(F)(F)(F)(F)F)cc3)N2)cc1OC. The Kier molecular flexibility index (Phi) is 4.86. The van der Waals surface area contributed by atoms with Crippen LogP contribution in [0.15, 0.2) is 47.4 Å². The summed E-state index contributed by atoms with van der Waals surface area (Å²) in [6.07, 6.45) is 0.245. The Morgan fingerprint density at radius 2 is 1.34 bits per heavy atom. The number of methoxy groups -OCH3 is 2. The van der Waals surface area contributed by atoms with E-state index in [0.717, 1.165) is 17.7 Å². The minimum absolute atomic E-state index is 0.0551. The highest BCUT2D eigenvalue weighted by molar-refractivity contribution is 8.45. The van der Waals surface area contributed by atoms with Crippen molar-refractivity contribution in [3.63, 3.8) is 0 Å². The number of ether oxygens (including phenoxy) is 2. The van der Waals surface area contributed by atoms with Gasteiger partial charge in [0.2, 0.25) is 0 Å². The van der Waals surface area contributed by atoms with Gasteiger partial charge in [-0.05, 0) is 35.4 Å². The van der Waals surface area contributed by atoms with E-state index >= 15 is 0 Å². The van der Waals surface area contributed by atoms with Crippen LogP contribution in [0.5, 0.6) is 11.5 Å². The molecule has 0 bridgehead atoms. The van der Waals surface area contributed by atoms with E-state index in [1.165, 1.54) is 14.2 Å². The van der Waals surface area contributed by atoms with Crippen molar-refractivity contribution in [3.8, 4) is 11.5 Å². The van der Waals surface area contributed by atoms with Gasteiger partial charge in [0.05, 0.1) is 14.2 Å². The lowest BCUT2D eigenvalue weighted by Gasteiger charge is -2.40. The number of carbonyl (C=O) groups is 1. The van der Waals surface area contributed by atoms with Crippen molar-refractivity contribution < 1.29 is 33.7 Å². The van der Waals surface area contributed by atoms with E-state index in [4.69, 9.17) is 9.47 Å². The molecule has 1 saturated heterocycles. The van der Waals surface area contributed by atoms with Crippen molar-refractivity contribution >= 4 is 16.0 Å². The molecular formula is C19H20F5NO3S. The number of ketones is 1. The first-order valence-corrected chi connectivity index (χ1v) is 10.6. The van der Waals surface area contributed by atoms with Crippen molar-refractivity contribution in [3.05, 3.63) is 53.6 Å². The highest BCUT2D eigenvalue weighted by Gasteiger charge is 2.65. The molecule has 1 aliphatic rings. The molecule has 4 nitrogen and oxygen atoms in total. The fourth-order valence-corrected chi connectivity index (χ4v) is 4.00. The minimum Gasteiger partial charge on any atom is -0.493 e. The number of benzene rings is 2. The Hall–Kier alpha value is -2.33. The maximum atomic E-state index is 12.9. The molecule has 0 aromatic heterocycles. The largest absolute Gasteiger partial charge is 0.493 e. The van der Waals surface area contributed by atoms with Gasteiger partial charge in [0.1, 0.15) is 10.7 Å². The Morgan fingerprint density at radius 1 is 0.828 bits per heavy atom. The number of hydrogen-bond donors (Lipinski definition) is 1. The van der Waals surface area contributed by atoms with Crippen molar-refractivity contribution in [1.82, 2.24) is 5.32 Å². The lowest BCUT2D eigenvalue weighted by Crippen LogP contribution is -2.35. The van der Waals surface area contributed by atoms with Crippen molar-refractivity contribution in [2.75, 3.05) is 14.2 Å². The van der Waals surface area contributed by atoms with Crippen LogP contribution in [0.25, 0.3) is 0 Å². The monoisotopic (exact) mass is 437 g/mol. The second-order valence-electron chi connectivity index (χ2n) is 6.87. The van der Waals surface area contributed by atoms with E-state index in [2.05, 4.69) is 5.32 Å². The van der Waals surface area contributed by atoms with E-state index < -0.39 is 27.2 Å². The van der Waals surface area contributed by atoms with Crippen LogP contribution in [0.3, 0.4) is 0 Å². The molecule has 0 spiro atoms. The predicted octanol–water partition coefficient (Wildman–Crippen LogP) is 6.10. The maximum Gasteiger partial charge on any atom is 0.310 e. The van der Waals surface area contributed by atoms with E-state index in [1.807, 2.05) is 0 Å². The molecule has 1 N–H and O–H groups in total. The number of carbonyl (C=O) groups excluding carboxylic acids is 1. The van der Waals surface area contributed by atoms with Crippen LogP contribution in [0.1, 0.15) is 36.1 Å². The highest BCUT2D eigenvalue weighted by Crippen LogP contribution is 3.02. The average molecular weight is 437 g/mol. The van der Waals surface area contributed by atoms with Crippen molar-refractivity contribution in [2.45, 2.75) is 29.8 Å². The van der Waals surface area contributed by atoms with Gasteiger partial charge >= 0.3 is 10.2 Å². The molecule has 0 unspecified atom stereocenters. The molecule has 2 atom stereocenters. The molecular weight excluding hydrogens is 417 g/mol. The minimum atomic E-state index is -9.73. The molecule has 10 heteroatoms. The molecule has 1 heterocycles. The van der Waals surface area contributed by atoms with Crippen LogP contribution in [-0.4, -0.2) is 20.0 Å². The summed E-state index contributed by atoms with van der Waals surface area (Å²) in [4.78, 5) is 10.3. The van der Waals surface area contributed by atoms with E-state index in [0.29, 0.717) is 29.2 Å². The highest BCUT2D eigenvalue weighted by atomic mass is 32.5. The number of piperidine rings is 1. The van der Waals surface area contributed by atoms with Crippen molar-refractivity contribution in [2.24, 2.45) is 0 Å². The van der Waals surface area contributed by atoms with Gasteiger partial charge in [-0.15, -0.1) is 0 Å². The van der Waals surface area contributed by atoms with Crippen LogP contribution in [0, 0.1) is 0 Å². The lowest BCUT2D eigenvalue weighted by atomic mass is 9.89. The summed E-state index contributed by atoms with van der Waals surface area (Å²) >= 11 is 0. The Balaban J connectivity index is 1.86. The quantitative estimate of drug-likeness (QED) is 0.575. The summed E-state index contributed by atoms with van der Waals surface area (Å²) in [5.41, 5.74) is 1.07. The van der Waals surface area contributed by atoms with Crippen LogP contribution in [-0.2, 0) is 4.79 Å². The first kappa shape index (κ1) is 21.4. The number of halogens is 5. The van der Waals surface area contributed by atoms with Gasteiger partial charge in [-0.1, -0.05) is 37.6 Å². The second-order valence-corrected chi connectivity index (χ2v) is 9.28. The Morgan fingerprint density at radius 3 is 1.86 bits per heavy atom. The molecule has 29 heavy (non-hydrogen) atoms. The van der Waals surface area contributed by atoms with Crippen molar-refractivity contribution in [1.29, 1.82) is 0 Å². The van der Waals surface area contributed by atoms with Gasteiger partial charge in [-0.2, -0.15) is 0 Å². The van der Waals surface area contributed by atoms with E-state index in [9.17, 15) is 24.2 Å². The molecule has 160 valence electrons. The van der Waals surface area contributed by atoms with Gasteiger partial charge in [0.25, 0.3) is 0 Å². The Labute approximate surface area is 164 Å². The average Bonchev–Trinajstić information content (AvgIpc) is 2.65. The van der Waals surface area contributed by atoms with Gasteiger partial charge < -0.3 is 14.8 Å². The third-order valence-electron chi connectivity index (χ3n) is 4.80. The number of nitrogens with one attached hydrogen (secondary N) is 1. The summed E-state index contributed by atoms with van der Waals surface area (Å²) in [6.45, 7) is 0. The summed E-state index contributed by atoms with van der Waals surface area (Å²) in [6, 6.07) is 6.84. The van der Waals surface area contributed by atoms with Gasteiger partial charge in [-0.3, -0.25) is 4.79 Å². The Bertz CT molecular complexity index is 932. The first-order chi connectivity index (χ1) is 13.3. The van der Waals surface area contributed by atoms with Crippen LogP contribution in [0.2, 0.25) is 0 Å². The summed E-state index contributed by atoms with van der Waals surface area (Å²) in [5.74, 6) is 0.897. The predicted molar refractivity (Wildman–Crippen MR) is 100 cm³/mol. The van der Waals surface area contributed by atoms with Gasteiger partial charge in [0.15, 0.2) is 11.5 Å². The lowest BCUT2D eigenvalue weighted by molar-refractivity contribution is -0.121. The molecule has 0 saturated carbocycles. The number of rotatable bonds is 5. The van der Waals surface area contributed by atoms with E-state index in [1.54, 1.807) is 18.2 Å². The van der Waals surface area contributed by atoms with E-state index in [-0.39, 0.29) is 18.6 Å². The number of Topliss-reactive ketones (excluding diaryl/α,β-unsaturated/α-hetero) is 1. The maximum absolute atomic E-state index is 12.9. The molecule has 0 radical (unpaired) electrons. The molecule has 0 aliphatic carbocycles. The number of hydrogen-bond acceptors (Lipinski definition) is 4. The summed E-state index contributed by atoms with van der Waals surface area (Å²) in [5, 5.41) is 3.21. The first-order valence-electron chi connectivity index (χ1n) is 8.64. The summed E-state index contributed by atoms with van der Waals surface area (Å²) < 4.78 is 75.0. The van der Waals surface area contributed by atoms with Gasteiger partial charge in [0, 0.05) is 24.9 Å². The molecule has 2 aromatic carbocycles. The zero-order valence-electron chi connectivity index (χ0n) is 15.6. The molecule has 3 rings (SSSR count). The smallest absolute Gasteiger partial charge is 0.310 e. The third-order valence-corrected chi connectivity index (χ3v) is 5.97. The fourth-order valence-electron chi connectivity index (χ4n) is 3.35. The van der Waals surface area contributed by atoms with Gasteiger partial charge in [-0.25, -0.2) is 0 Å². The molecule has 2 aromatic rings. The van der Waals surface area contributed by atoms with Crippen LogP contribution in [0.4, 0.5) is 19.4 Å². The third kappa shape index (κ3) is 4.81. The molecule has 1 aliphatic heterocycles. The standard InChI is InChI=1S/C19H20F5NO3S/c1-27-18-8-5-13(9-19(18)28-2)17-11-14(26)10-16(25-17)12-3-6-15(7-4-12)29(20,21,22,23)24/h3-9,16-17,25H,10-11H2,1-2H3/t16-,17+/m1/s1.